The maximum Gasteiger partial charge on any atom is 0.217 e. The van der Waals surface area contributed by atoms with Gasteiger partial charge in [-0.1, -0.05) is 60.1 Å². The van der Waals surface area contributed by atoms with Crippen molar-refractivity contribution in [2.24, 2.45) is 0 Å². The maximum atomic E-state index is 11.9. The number of hydrogen-bond acceptors (Lipinski definition) is 3. The summed E-state index contributed by atoms with van der Waals surface area (Å²) in [5.74, 6) is -0.192. The fraction of sp³-hybridized carbons (Fsp3) is 0.350. The zero-order valence-corrected chi connectivity index (χ0v) is 15.4. The second-order valence-electron chi connectivity index (χ2n) is 6.89. The molecule has 0 bridgehead atoms. The van der Waals surface area contributed by atoms with E-state index in [4.69, 9.17) is 11.6 Å². The quantitative estimate of drug-likeness (QED) is 0.703. The van der Waals surface area contributed by atoms with E-state index in [1.165, 1.54) is 6.92 Å². The summed E-state index contributed by atoms with van der Waals surface area (Å²) in [6, 6.07) is 15.9. The maximum absolute atomic E-state index is 11.9. The highest BCUT2D eigenvalue weighted by Crippen LogP contribution is 2.43. The van der Waals surface area contributed by atoms with Crippen molar-refractivity contribution in [3.8, 4) is 0 Å². The van der Waals surface area contributed by atoms with Crippen LogP contribution < -0.4 is 5.32 Å². The third-order valence-corrected chi connectivity index (χ3v) is 5.30. The largest absolute Gasteiger partial charge is 0.387 e. The van der Waals surface area contributed by atoms with Gasteiger partial charge >= 0.3 is 0 Å². The molecule has 0 radical (unpaired) electrons. The van der Waals surface area contributed by atoms with Crippen molar-refractivity contribution in [2.75, 3.05) is 13.1 Å². The third kappa shape index (κ3) is 3.91. The van der Waals surface area contributed by atoms with E-state index in [2.05, 4.69) is 5.32 Å². The van der Waals surface area contributed by atoms with E-state index in [1.807, 2.05) is 48.5 Å². The minimum atomic E-state index is -0.585. The van der Waals surface area contributed by atoms with Crippen LogP contribution in [-0.2, 0) is 4.79 Å². The standard InChI is InChI=1S/C20H23ClN2O3/c1-14(24)22-19(15-7-3-2-4-8-15)20(17-9-5-6-10-18(17)21)23(26)12-11-16(25)13-23/h2-10,16,19-20,25-26H,11-13H2,1H3/p+1/t16-,19-,20?,23?/m0/s1. The Morgan fingerprint density at radius 3 is 2.42 bits per heavy atom. The van der Waals surface area contributed by atoms with E-state index in [0.29, 0.717) is 18.0 Å². The third-order valence-electron chi connectivity index (χ3n) is 4.95. The average molecular weight is 376 g/mol. The molecule has 138 valence electrons. The van der Waals surface area contributed by atoms with Gasteiger partial charge in [0.15, 0.2) is 6.04 Å². The summed E-state index contributed by atoms with van der Waals surface area (Å²) in [6.45, 7) is 2.04. The molecule has 1 aliphatic rings. The lowest BCUT2D eigenvalue weighted by Gasteiger charge is -2.39. The van der Waals surface area contributed by atoms with E-state index in [1.54, 1.807) is 6.07 Å². The Labute approximate surface area is 158 Å². The van der Waals surface area contributed by atoms with Crippen LogP contribution >= 0.6 is 11.6 Å². The molecule has 4 atom stereocenters. The number of likely N-dealkylation sites (tertiary alicyclic amines) is 1. The van der Waals surface area contributed by atoms with E-state index >= 15 is 0 Å². The smallest absolute Gasteiger partial charge is 0.217 e. The minimum Gasteiger partial charge on any atom is -0.387 e. The summed E-state index contributed by atoms with van der Waals surface area (Å²) < 4.78 is -0.370. The fourth-order valence-electron chi connectivity index (χ4n) is 3.83. The average Bonchev–Trinajstić information content (AvgIpc) is 2.96. The van der Waals surface area contributed by atoms with Gasteiger partial charge in [0.1, 0.15) is 25.2 Å². The van der Waals surface area contributed by atoms with Crippen LogP contribution in [0.15, 0.2) is 54.6 Å². The molecule has 1 heterocycles. The number of amides is 1. The number of quaternary nitrogens is 1. The molecule has 1 amide bonds. The molecular formula is C20H24ClN2O3+. The predicted molar refractivity (Wildman–Crippen MR) is 99.6 cm³/mol. The SMILES string of the molecule is CC(=O)N[C@@H](c1ccccc1)C(c1ccccc1Cl)[N+]1(O)CC[C@H](O)C1. The molecular weight excluding hydrogens is 352 g/mol. The number of rotatable bonds is 5. The number of benzene rings is 2. The van der Waals surface area contributed by atoms with Gasteiger partial charge in [-0.25, -0.2) is 5.21 Å². The van der Waals surface area contributed by atoms with Crippen LogP contribution in [0, 0.1) is 0 Å². The first-order chi connectivity index (χ1) is 12.4. The number of aliphatic hydroxyl groups is 1. The summed E-state index contributed by atoms with van der Waals surface area (Å²) in [5, 5.41) is 25.0. The number of hydrogen-bond donors (Lipinski definition) is 3. The van der Waals surface area contributed by atoms with Gasteiger partial charge in [-0.3, -0.25) is 4.79 Å². The van der Waals surface area contributed by atoms with E-state index < -0.39 is 18.2 Å². The second-order valence-corrected chi connectivity index (χ2v) is 7.30. The highest BCUT2D eigenvalue weighted by atomic mass is 35.5. The van der Waals surface area contributed by atoms with Crippen LogP contribution in [0.2, 0.25) is 5.02 Å². The van der Waals surface area contributed by atoms with Gasteiger partial charge in [0.2, 0.25) is 5.91 Å². The van der Waals surface area contributed by atoms with Gasteiger partial charge in [-0.2, -0.15) is 4.65 Å². The molecule has 1 aliphatic heterocycles. The summed E-state index contributed by atoms with van der Waals surface area (Å²) in [4.78, 5) is 11.9. The van der Waals surface area contributed by atoms with Gasteiger partial charge in [0.05, 0.1) is 0 Å². The molecule has 1 fully saturated rings. The Hall–Kier alpha value is -1.92. The molecule has 2 aromatic rings. The number of carbonyl (C=O) groups excluding carboxylic acids is 1. The van der Waals surface area contributed by atoms with E-state index in [-0.39, 0.29) is 17.1 Å². The van der Waals surface area contributed by atoms with Gasteiger partial charge in [-0.15, -0.1) is 0 Å². The van der Waals surface area contributed by atoms with Crippen molar-refractivity contribution >= 4 is 17.5 Å². The Kier molecular flexibility index (Phi) is 5.63. The van der Waals surface area contributed by atoms with Crippen LogP contribution in [0.3, 0.4) is 0 Å². The van der Waals surface area contributed by atoms with Crippen molar-refractivity contribution in [3.05, 3.63) is 70.7 Å². The lowest BCUT2D eigenvalue weighted by atomic mass is 9.91. The van der Waals surface area contributed by atoms with Crippen molar-refractivity contribution in [3.63, 3.8) is 0 Å². The fourth-order valence-corrected chi connectivity index (χ4v) is 4.08. The van der Waals surface area contributed by atoms with Gasteiger partial charge in [0.25, 0.3) is 0 Å². The minimum absolute atomic E-state index is 0.192. The van der Waals surface area contributed by atoms with Crippen molar-refractivity contribution in [2.45, 2.75) is 31.5 Å². The monoisotopic (exact) mass is 375 g/mol. The Morgan fingerprint density at radius 2 is 1.85 bits per heavy atom. The number of aliphatic hydroxyl groups excluding tert-OH is 1. The summed E-state index contributed by atoms with van der Waals surface area (Å²) in [6.07, 6.45) is -0.0855. The molecule has 3 rings (SSSR count). The molecule has 0 saturated carbocycles. The van der Waals surface area contributed by atoms with Crippen molar-refractivity contribution in [1.29, 1.82) is 0 Å². The van der Waals surface area contributed by atoms with Crippen LogP contribution in [-0.4, -0.2) is 40.1 Å². The van der Waals surface area contributed by atoms with Crippen LogP contribution in [0.5, 0.6) is 0 Å². The van der Waals surface area contributed by atoms with Gasteiger partial charge < -0.3 is 10.4 Å². The number of carbonyl (C=O) groups is 1. The first kappa shape index (κ1) is 18.9. The zero-order valence-electron chi connectivity index (χ0n) is 14.7. The molecule has 1 saturated heterocycles. The predicted octanol–water partition coefficient (Wildman–Crippen LogP) is 3.23. The zero-order chi connectivity index (χ0) is 18.7. The number of halogens is 1. The topological polar surface area (TPSA) is 69.6 Å². The van der Waals surface area contributed by atoms with Gasteiger partial charge in [0, 0.05) is 23.9 Å². The molecule has 0 aliphatic carbocycles. The lowest BCUT2D eigenvalue weighted by molar-refractivity contribution is -1.12. The molecule has 5 nitrogen and oxygen atoms in total. The van der Waals surface area contributed by atoms with E-state index in [9.17, 15) is 15.1 Å². The lowest BCUT2D eigenvalue weighted by Crippen LogP contribution is -2.51. The highest BCUT2D eigenvalue weighted by Gasteiger charge is 2.49. The van der Waals surface area contributed by atoms with Gasteiger partial charge in [-0.05, 0) is 11.6 Å². The second kappa shape index (κ2) is 7.76. The van der Waals surface area contributed by atoms with Crippen LogP contribution in [0.25, 0.3) is 0 Å². The Bertz CT molecular complexity index is 771. The van der Waals surface area contributed by atoms with Crippen LogP contribution in [0.4, 0.5) is 0 Å². The number of nitrogens with zero attached hydrogens (tertiary/aromatic N) is 1. The van der Waals surface area contributed by atoms with E-state index in [0.717, 1.165) is 11.1 Å². The first-order valence-corrected chi connectivity index (χ1v) is 9.12. The van der Waals surface area contributed by atoms with Crippen molar-refractivity contribution in [1.82, 2.24) is 5.32 Å². The molecule has 6 heteroatoms. The molecule has 2 aromatic carbocycles. The molecule has 2 unspecified atom stereocenters. The molecule has 0 aromatic heterocycles. The number of nitrogens with one attached hydrogen (secondary N) is 1. The molecule has 26 heavy (non-hydrogen) atoms. The normalized spacial score (nSPS) is 24.8. The first-order valence-electron chi connectivity index (χ1n) is 8.75. The molecule has 3 N–H and O–H groups in total. The van der Waals surface area contributed by atoms with Crippen LogP contribution in [0.1, 0.15) is 36.6 Å². The summed E-state index contributed by atoms with van der Waals surface area (Å²) >= 11 is 6.47. The Balaban J connectivity index is 2.14. The Morgan fingerprint density at radius 1 is 1.19 bits per heavy atom. The van der Waals surface area contributed by atoms with Crippen molar-refractivity contribution < 1.29 is 19.8 Å². The number of hydroxylamine groups is 3. The summed E-state index contributed by atoms with van der Waals surface area (Å²) in [7, 11) is 0. The highest BCUT2D eigenvalue weighted by molar-refractivity contribution is 6.31. The molecule has 0 spiro atoms. The summed E-state index contributed by atoms with van der Waals surface area (Å²) in [5.41, 5.74) is 1.62.